The first-order chi connectivity index (χ1) is 9.56. The molecular formula is C18H32N2O. The van der Waals surface area contributed by atoms with Crippen molar-refractivity contribution in [2.45, 2.75) is 66.8 Å². The average molecular weight is 292 g/mol. The predicted molar refractivity (Wildman–Crippen MR) is 90.1 cm³/mol. The first-order valence-electron chi connectivity index (χ1n) is 7.80. The highest BCUT2D eigenvalue weighted by atomic mass is 16.5. The average Bonchev–Trinajstić information content (AvgIpc) is 2.31. The number of pyridine rings is 1. The molecule has 120 valence electrons. The molecule has 1 aromatic heterocycles. The van der Waals surface area contributed by atoms with Crippen LogP contribution in [0.2, 0.25) is 0 Å². The number of hydrogen-bond acceptors (Lipinski definition) is 3. The van der Waals surface area contributed by atoms with Gasteiger partial charge >= 0.3 is 0 Å². The minimum absolute atomic E-state index is 0.178. The molecule has 3 nitrogen and oxygen atoms in total. The summed E-state index contributed by atoms with van der Waals surface area (Å²) in [4.78, 5) is 4.63. The van der Waals surface area contributed by atoms with Crippen LogP contribution in [0.3, 0.4) is 0 Å². The van der Waals surface area contributed by atoms with Gasteiger partial charge in [0.1, 0.15) is 5.75 Å². The van der Waals surface area contributed by atoms with Gasteiger partial charge in [0.2, 0.25) is 0 Å². The molecule has 0 amide bonds. The summed E-state index contributed by atoms with van der Waals surface area (Å²) in [6, 6.07) is 0. The number of rotatable bonds is 6. The zero-order valence-corrected chi connectivity index (χ0v) is 15.1. The fourth-order valence-corrected chi connectivity index (χ4v) is 2.57. The van der Waals surface area contributed by atoms with E-state index in [4.69, 9.17) is 4.74 Å². The second-order valence-electron chi connectivity index (χ2n) is 7.81. The Morgan fingerprint density at radius 1 is 1.14 bits per heavy atom. The number of nitrogens with zero attached hydrogens (tertiary/aromatic N) is 1. The number of hydrogen-bond donors (Lipinski definition) is 1. The van der Waals surface area contributed by atoms with Gasteiger partial charge in [0.05, 0.1) is 7.11 Å². The lowest BCUT2D eigenvalue weighted by Gasteiger charge is -2.28. The Morgan fingerprint density at radius 3 is 2.29 bits per heavy atom. The fraction of sp³-hybridized carbons (Fsp3) is 0.722. The molecule has 0 bridgehead atoms. The smallest absolute Gasteiger partial charge is 0.128 e. The molecule has 0 aliphatic heterocycles. The topological polar surface area (TPSA) is 34.1 Å². The van der Waals surface area contributed by atoms with Crippen molar-refractivity contribution in [3.05, 3.63) is 23.0 Å². The summed E-state index contributed by atoms with van der Waals surface area (Å²) in [5, 5.41) is 3.56. The van der Waals surface area contributed by atoms with E-state index < -0.39 is 0 Å². The van der Waals surface area contributed by atoms with Gasteiger partial charge in [-0.15, -0.1) is 0 Å². The Labute approximate surface area is 130 Å². The quantitative estimate of drug-likeness (QED) is 0.858. The van der Waals surface area contributed by atoms with E-state index in [1.165, 1.54) is 5.56 Å². The third kappa shape index (κ3) is 5.66. The molecule has 0 aliphatic carbocycles. The van der Waals surface area contributed by atoms with Crippen LogP contribution >= 0.6 is 0 Å². The van der Waals surface area contributed by atoms with Crippen LogP contribution in [0.15, 0.2) is 6.20 Å². The van der Waals surface area contributed by atoms with Crippen LogP contribution in [0, 0.1) is 19.3 Å². The monoisotopic (exact) mass is 292 g/mol. The molecule has 0 aromatic carbocycles. The van der Waals surface area contributed by atoms with Crippen LogP contribution < -0.4 is 10.1 Å². The summed E-state index contributed by atoms with van der Waals surface area (Å²) in [7, 11) is 1.73. The molecule has 3 heteroatoms. The molecule has 1 heterocycles. The maximum absolute atomic E-state index is 5.50. The van der Waals surface area contributed by atoms with Crippen molar-refractivity contribution >= 4 is 0 Å². The van der Waals surface area contributed by atoms with E-state index in [9.17, 15) is 0 Å². The lowest BCUT2D eigenvalue weighted by molar-refractivity contribution is 0.299. The minimum Gasteiger partial charge on any atom is -0.496 e. The summed E-state index contributed by atoms with van der Waals surface area (Å²) in [5.41, 5.74) is 3.83. The molecule has 0 aliphatic rings. The standard InChI is InChI=1S/C18H32N2O/c1-13-12-19-15(14(2)16(13)21-8)11-18(6,7)9-10-20-17(3,4)5/h12,20H,9-11H2,1-8H3. The Kier molecular flexibility index (Phi) is 5.80. The van der Waals surface area contributed by atoms with Gasteiger partial charge in [-0.05, 0) is 59.4 Å². The van der Waals surface area contributed by atoms with E-state index in [1.54, 1.807) is 7.11 Å². The van der Waals surface area contributed by atoms with Crippen molar-refractivity contribution in [2.75, 3.05) is 13.7 Å². The SMILES string of the molecule is COc1c(C)cnc(CC(C)(C)CCNC(C)(C)C)c1C. The third-order valence-electron chi connectivity index (χ3n) is 3.85. The van der Waals surface area contributed by atoms with Gasteiger partial charge in [-0.3, -0.25) is 4.98 Å². The Bertz CT molecular complexity index is 473. The molecule has 1 N–H and O–H groups in total. The van der Waals surface area contributed by atoms with Gasteiger partial charge in [0, 0.05) is 28.6 Å². The van der Waals surface area contributed by atoms with Crippen LogP contribution in [0.5, 0.6) is 5.75 Å². The van der Waals surface area contributed by atoms with E-state index in [-0.39, 0.29) is 11.0 Å². The second kappa shape index (κ2) is 6.78. The van der Waals surface area contributed by atoms with Gasteiger partial charge in [-0.25, -0.2) is 0 Å². The van der Waals surface area contributed by atoms with E-state index in [0.717, 1.165) is 36.4 Å². The van der Waals surface area contributed by atoms with E-state index in [0.29, 0.717) is 0 Å². The van der Waals surface area contributed by atoms with Gasteiger partial charge in [-0.1, -0.05) is 13.8 Å². The zero-order chi connectivity index (χ0) is 16.3. The molecule has 21 heavy (non-hydrogen) atoms. The molecule has 0 atom stereocenters. The molecule has 0 saturated carbocycles. The van der Waals surface area contributed by atoms with Crippen LogP contribution in [0.1, 0.15) is 57.9 Å². The van der Waals surface area contributed by atoms with E-state index >= 15 is 0 Å². The number of aryl methyl sites for hydroxylation is 1. The summed E-state index contributed by atoms with van der Waals surface area (Å²) < 4.78 is 5.50. The van der Waals surface area contributed by atoms with Crippen LogP contribution in [0.4, 0.5) is 0 Å². The zero-order valence-electron chi connectivity index (χ0n) is 15.1. The largest absolute Gasteiger partial charge is 0.496 e. The molecular weight excluding hydrogens is 260 g/mol. The number of nitrogens with one attached hydrogen (secondary N) is 1. The third-order valence-corrected chi connectivity index (χ3v) is 3.85. The van der Waals surface area contributed by atoms with Crippen molar-refractivity contribution in [1.82, 2.24) is 10.3 Å². The first-order valence-corrected chi connectivity index (χ1v) is 7.80. The first kappa shape index (κ1) is 18.0. The summed E-state index contributed by atoms with van der Waals surface area (Å²) >= 11 is 0. The maximum atomic E-state index is 5.50. The summed E-state index contributed by atoms with van der Waals surface area (Å²) in [6.45, 7) is 16.4. The lowest BCUT2D eigenvalue weighted by Crippen LogP contribution is -2.38. The van der Waals surface area contributed by atoms with Crippen LogP contribution in [-0.2, 0) is 6.42 Å². The molecule has 1 aromatic rings. The molecule has 0 saturated heterocycles. The molecule has 1 rings (SSSR count). The van der Waals surface area contributed by atoms with Gasteiger partial charge in [0.25, 0.3) is 0 Å². The van der Waals surface area contributed by atoms with Crippen molar-refractivity contribution in [2.24, 2.45) is 5.41 Å². The highest BCUT2D eigenvalue weighted by molar-refractivity contribution is 5.41. The number of aromatic nitrogens is 1. The lowest BCUT2D eigenvalue weighted by atomic mass is 9.83. The molecule has 0 spiro atoms. The molecule has 0 radical (unpaired) electrons. The fourth-order valence-electron chi connectivity index (χ4n) is 2.57. The highest BCUT2D eigenvalue weighted by Crippen LogP contribution is 2.30. The minimum atomic E-state index is 0.178. The summed E-state index contributed by atoms with van der Waals surface area (Å²) in [6.07, 6.45) is 4.02. The van der Waals surface area contributed by atoms with Gasteiger partial charge in [-0.2, -0.15) is 0 Å². The van der Waals surface area contributed by atoms with Crippen molar-refractivity contribution in [3.8, 4) is 5.75 Å². The Morgan fingerprint density at radius 2 is 1.76 bits per heavy atom. The van der Waals surface area contributed by atoms with Crippen molar-refractivity contribution in [1.29, 1.82) is 0 Å². The Balaban J connectivity index is 2.75. The van der Waals surface area contributed by atoms with Crippen LogP contribution in [-0.4, -0.2) is 24.2 Å². The highest BCUT2D eigenvalue weighted by Gasteiger charge is 2.22. The van der Waals surface area contributed by atoms with Crippen molar-refractivity contribution in [3.63, 3.8) is 0 Å². The summed E-state index contributed by atoms with van der Waals surface area (Å²) in [5.74, 6) is 0.976. The van der Waals surface area contributed by atoms with E-state index in [1.807, 2.05) is 13.1 Å². The van der Waals surface area contributed by atoms with E-state index in [2.05, 4.69) is 51.8 Å². The maximum Gasteiger partial charge on any atom is 0.128 e. The second-order valence-corrected chi connectivity index (χ2v) is 7.81. The number of methoxy groups -OCH3 is 1. The normalized spacial score (nSPS) is 12.6. The van der Waals surface area contributed by atoms with Crippen LogP contribution in [0.25, 0.3) is 0 Å². The predicted octanol–water partition coefficient (Wildman–Crippen LogP) is 4.05. The molecule has 0 fully saturated rings. The van der Waals surface area contributed by atoms with Crippen molar-refractivity contribution < 1.29 is 4.74 Å². The molecule has 0 unspecified atom stereocenters. The van der Waals surface area contributed by atoms with Gasteiger partial charge < -0.3 is 10.1 Å². The Hall–Kier alpha value is -1.09. The van der Waals surface area contributed by atoms with Gasteiger partial charge in [0.15, 0.2) is 0 Å². The number of ether oxygens (including phenoxy) is 1.